The predicted octanol–water partition coefficient (Wildman–Crippen LogP) is 7.04. The maximum atomic E-state index is 14.1. The van der Waals surface area contributed by atoms with Gasteiger partial charge in [-0.2, -0.15) is 11.8 Å². The van der Waals surface area contributed by atoms with Gasteiger partial charge in [-0.1, -0.05) is 70.6 Å². The van der Waals surface area contributed by atoms with Crippen LogP contribution in [-0.4, -0.2) is 74.3 Å². The summed E-state index contributed by atoms with van der Waals surface area (Å²) in [7, 11) is 0. The summed E-state index contributed by atoms with van der Waals surface area (Å²) in [6.07, 6.45) is 17.7. The molecule has 5 aliphatic carbocycles. The van der Waals surface area contributed by atoms with Crippen LogP contribution in [0.25, 0.3) is 0 Å². The van der Waals surface area contributed by atoms with E-state index in [1.165, 1.54) is 0 Å². The Labute approximate surface area is 348 Å². The van der Waals surface area contributed by atoms with Gasteiger partial charge in [0.15, 0.2) is 5.78 Å². The van der Waals surface area contributed by atoms with Gasteiger partial charge < -0.3 is 20.1 Å². The van der Waals surface area contributed by atoms with Gasteiger partial charge in [0, 0.05) is 43.0 Å². The Morgan fingerprint density at radius 2 is 1.74 bits per heavy atom. The van der Waals surface area contributed by atoms with E-state index in [1.807, 2.05) is 22.6 Å². The molecule has 2 N–H and O–H groups in total. The molecule has 1 aromatic rings. The number of nitrogens with one attached hydrogen (secondary N) is 2. The van der Waals surface area contributed by atoms with Crippen LogP contribution in [0.15, 0.2) is 18.3 Å². The van der Waals surface area contributed by atoms with Crippen LogP contribution in [0.1, 0.15) is 148 Å². The van der Waals surface area contributed by atoms with Gasteiger partial charge in [0.1, 0.15) is 11.8 Å². The molecular weight excluding hydrogens is 755 g/mol. The Morgan fingerprint density at radius 3 is 2.53 bits per heavy atom. The fourth-order valence-corrected chi connectivity index (χ4v) is 13.9. The quantitative estimate of drug-likeness (QED) is 0.0843. The van der Waals surface area contributed by atoms with Crippen LogP contribution < -0.4 is 10.6 Å². The molecule has 4 bridgehead atoms. The Bertz CT molecular complexity index is 1720. The van der Waals surface area contributed by atoms with Crippen molar-refractivity contribution in [3.8, 4) is 0 Å². The highest BCUT2D eigenvalue weighted by Gasteiger charge is 2.76. The number of aromatic nitrogens is 3. The number of hydrogen-bond donors (Lipinski definition) is 2. The van der Waals surface area contributed by atoms with Crippen LogP contribution in [0.2, 0.25) is 0 Å². The number of thioether (sulfide) groups is 1. The minimum atomic E-state index is -0.855. The lowest BCUT2D eigenvalue weighted by molar-refractivity contribution is -0.257. The lowest BCUT2D eigenvalue weighted by atomic mass is 9.35. The van der Waals surface area contributed by atoms with Crippen LogP contribution in [0.4, 0.5) is 0 Å². The number of amides is 2. The number of cyclic esters (lactones) is 1. The molecule has 7 fully saturated rings. The number of rotatable bonds is 19. The molecule has 8 rings (SSSR count). The van der Waals surface area contributed by atoms with Crippen molar-refractivity contribution in [2.24, 2.45) is 39.9 Å². The van der Waals surface area contributed by atoms with E-state index in [0.29, 0.717) is 55.6 Å². The number of carbonyl (C=O) groups excluding carboxylic acids is 5. The minimum Gasteiger partial charge on any atom is -0.465 e. The number of nitrogens with zero attached hydrogens (tertiary/aromatic N) is 3. The topological polar surface area (TPSA) is 159 Å². The number of aryl methyl sites for hydroxylation is 1. The monoisotopic (exact) mass is 821 g/mol. The van der Waals surface area contributed by atoms with Crippen LogP contribution in [0, 0.1) is 39.9 Å². The van der Waals surface area contributed by atoms with Gasteiger partial charge in [-0.05, 0) is 99.2 Å². The van der Waals surface area contributed by atoms with E-state index in [1.54, 1.807) is 6.92 Å². The van der Waals surface area contributed by atoms with Crippen LogP contribution in [-0.2, 0) is 46.5 Å². The van der Waals surface area contributed by atoms with E-state index >= 15 is 0 Å². The summed E-state index contributed by atoms with van der Waals surface area (Å²) >= 11 is 1.93. The molecule has 5 saturated carbocycles. The number of carbonyl (C=O) groups is 5. The van der Waals surface area contributed by atoms with E-state index in [0.717, 1.165) is 114 Å². The molecule has 58 heavy (non-hydrogen) atoms. The van der Waals surface area contributed by atoms with Crippen molar-refractivity contribution in [1.82, 2.24) is 25.6 Å². The molecule has 0 aromatic carbocycles. The Hall–Kier alpha value is -3.22. The Kier molecular flexibility index (Phi) is 13.4. The van der Waals surface area contributed by atoms with Crippen molar-refractivity contribution in [3.05, 3.63) is 24.0 Å². The molecule has 320 valence electrons. The van der Waals surface area contributed by atoms with Crippen molar-refractivity contribution in [2.75, 3.05) is 12.4 Å². The molecule has 2 unspecified atom stereocenters. The zero-order valence-electron chi connectivity index (χ0n) is 35.2. The van der Waals surface area contributed by atoms with Crippen LogP contribution in [0.3, 0.4) is 0 Å². The summed E-state index contributed by atoms with van der Waals surface area (Å²) in [6, 6.07) is 0.222. The van der Waals surface area contributed by atoms with Gasteiger partial charge >= 0.3 is 11.9 Å². The van der Waals surface area contributed by atoms with E-state index in [2.05, 4.69) is 41.4 Å². The maximum Gasteiger partial charge on any atom is 0.312 e. The summed E-state index contributed by atoms with van der Waals surface area (Å²) in [5, 5.41) is 15.0. The first kappa shape index (κ1) is 42.9. The molecule has 2 aliphatic heterocycles. The number of unbranched alkanes of at least 4 members (excludes halogenated alkanes) is 7. The van der Waals surface area contributed by atoms with Crippen LogP contribution >= 0.6 is 11.8 Å². The Morgan fingerprint density at radius 1 is 0.983 bits per heavy atom. The van der Waals surface area contributed by atoms with Crippen molar-refractivity contribution >= 4 is 41.3 Å². The highest BCUT2D eigenvalue weighted by molar-refractivity contribution is 8.00. The van der Waals surface area contributed by atoms with Gasteiger partial charge in [0.25, 0.3) is 0 Å². The van der Waals surface area contributed by atoms with Gasteiger partial charge in [-0.25, -0.2) is 0 Å². The average molecular weight is 822 g/mol. The number of fused-ring (bicyclic) bond motifs is 2. The van der Waals surface area contributed by atoms with Crippen molar-refractivity contribution in [2.45, 2.75) is 173 Å². The number of Topliss-reactive ketones (excluding diaryl/α,β-unsaturated/α-hetero) is 1. The van der Waals surface area contributed by atoms with Gasteiger partial charge in [-0.15, -0.1) is 5.10 Å². The van der Waals surface area contributed by atoms with Crippen molar-refractivity contribution in [3.63, 3.8) is 0 Å². The summed E-state index contributed by atoms with van der Waals surface area (Å²) in [4.78, 5) is 65.3. The Balaban J connectivity index is 0.761. The summed E-state index contributed by atoms with van der Waals surface area (Å²) in [5.41, 5.74) is -0.238. The summed E-state index contributed by atoms with van der Waals surface area (Å²) in [6.45, 7) is 11.8. The van der Waals surface area contributed by atoms with E-state index in [9.17, 15) is 24.0 Å². The predicted molar refractivity (Wildman–Crippen MR) is 221 cm³/mol. The van der Waals surface area contributed by atoms with Crippen molar-refractivity contribution in [1.29, 1.82) is 0 Å². The second-order valence-electron chi connectivity index (χ2n) is 19.1. The second kappa shape index (κ2) is 18.2. The summed E-state index contributed by atoms with van der Waals surface area (Å²) < 4.78 is 14.1. The largest absolute Gasteiger partial charge is 0.465 e. The van der Waals surface area contributed by atoms with Crippen molar-refractivity contribution < 1.29 is 33.4 Å². The van der Waals surface area contributed by atoms with Crippen LogP contribution in [0.5, 0.6) is 0 Å². The lowest BCUT2D eigenvalue weighted by Gasteiger charge is -2.69. The standard InChI is InChI=1S/C45H67N5O7S/c1-29-27-58-34(40(29)47-31(3)51)15-11-12-16-38(52)46-25-33-26-50(49-48-33)22-13-9-7-5-6-8-10-17-39(53)57-37-24-35-43(4)19-14-20-44(35,42(55)56-28-43)36-23-32-18-21-45(36,37)41(54)30(32)2/h26,29,32,34-37,40H,2,5-25,27-28H2,1,3-4H3,(H,46,52)(H,47,51)/t29-,32+,34-,35?,36?,37-,40-,43+,44+,45-/m1/s1. The molecule has 10 atom stereocenters. The number of ketones is 1. The molecule has 1 spiro atoms. The lowest BCUT2D eigenvalue weighted by Crippen LogP contribution is -2.73. The number of hydrogen-bond acceptors (Lipinski definition) is 10. The number of esters is 2. The first-order valence-corrected chi connectivity index (χ1v) is 23.6. The molecule has 1 aromatic heterocycles. The minimum absolute atomic E-state index is 0.0249. The van der Waals surface area contributed by atoms with Gasteiger partial charge in [0.2, 0.25) is 11.8 Å². The first-order chi connectivity index (χ1) is 27.9. The normalized spacial score (nSPS) is 34.9. The second-order valence-corrected chi connectivity index (χ2v) is 20.4. The van der Waals surface area contributed by atoms with Gasteiger partial charge in [0.05, 0.1) is 30.2 Å². The van der Waals surface area contributed by atoms with E-state index in [4.69, 9.17) is 9.47 Å². The molecular formula is C45H67N5O7S. The number of allylic oxidation sites excluding steroid dienone is 1. The molecule has 2 saturated heterocycles. The first-order valence-electron chi connectivity index (χ1n) is 22.5. The molecule has 7 aliphatic rings. The molecule has 0 radical (unpaired) electrons. The van der Waals surface area contributed by atoms with E-state index in [-0.39, 0.29) is 58.7 Å². The van der Waals surface area contributed by atoms with E-state index < -0.39 is 16.9 Å². The third kappa shape index (κ3) is 8.53. The highest BCUT2D eigenvalue weighted by Crippen LogP contribution is 2.73. The molecule has 3 heterocycles. The maximum absolute atomic E-state index is 14.1. The fraction of sp³-hybridized carbons (Fsp3) is 0.800. The molecule has 13 heteroatoms. The highest BCUT2D eigenvalue weighted by atomic mass is 32.2. The average Bonchev–Trinajstić information content (AvgIpc) is 3.80. The molecule has 12 nitrogen and oxygen atoms in total. The zero-order chi connectivity index (χ0) is 41.1. The third-order valence-corrected chi connectivity index (χ3v) is 17.0. The summed E-state index contributed by atoms with van der Waals surface area (Å²) in [5.74, 6) is 1.31. The fourth-order valence-electron chi connectivity index (χ4n) is 12.3. The third-order valence-electron chi connectivity index (χ3n) is 15.3. The smallest absolute Gasteiger partial charge is 0.312 e. The SMILES string of the molecule is C=C1C(=O)[C@]23CC[C@H]1CC2[C@@]12CCC[C@@](C)(COC1=O)C2C[C@H]3OC(=O)CCCCCCCCCn1cc(CNC(=O)CCCC[C@H]2SC[C@@H](C)[C@H]2NC(C)=O)nn1. The van der Waals surface area contributed by atoms with Gasteiger partial charge in [-0.3, -0.25) is 28.7 Å². The number of ether oxygens (including phenoxy) is 2. The molecule has 2 amide bonds. The zero-order valence-corrected chi connectivity index (χ0v) is 36.0.